The molecule has 0 bridgehead atoms. The quantitative estimate of drug-likeness (QED) is 0.787. The van der Waals surface area contributed by atoms with Gasteiger partial charge in [-0.15, -0.1) is 0 Å². The van der Waals surface area contributed by atoms with Crippen molar-refractivity contribution in [3.8, 4) is 0 Å². The summed E-state index contributed by atoms with van der Waals surface area (Å²) in [5.74, 6) is -1.09. The summed E-state index contributed by atoms with van der Waals surface area (Å²) >= 11 is 0. The highest BCUT2D eigenvalue weighted by atomic mass is 16.4. The Morgan fingerprint density at radius 2 is 2.05 bits per heavy atom. The molecule has 0 aromatic heterocycles. The number of aryl methyl sites for hydroxylation is 1. The minimum atomic E-state index is -0.769. The number of benzene rings is 1. The van der Waals surface area contributed by atoms with Gasteiger partial charge in [-0.05, 0) is 37.3 Å². The van der Waals surface area contributed by atoms with E-state index in [4.69, 9.17) is 5.11 Å². The van der Waals surface area contributed by atoms with Gasteiger partial charge in [0.15, 0.2) is 0 Å². The van der Waals surface area contributed by atoms with Crippen molar-refractivity contribution in [3.05, 3.63) is 35.4 Å². The number of urea groups is 1. The van der Waals surface area contributed by atoms with E-state index >= 15 is 0 Å². The Hall–Kier alpha value is -2.04. The van der Waals surface area contributed by atoms with Crippen molar-refractivity contribution >= 4 is 12.0 Å². The van der Waals surface area contributed by atoms with Gasteiger partial charge in [0.25, 0.3) is 0 Å². The molecule has 1 aliphatic rings. The first-order chi connectivity index (χ1) is 9.56. The van der Waals surface area contributed by atoms with Crippen LogP contribution in [0.1, 0.15) is 30.4 Å². The maximum absolute atomic E-state index is 11.8. The fraction of sp³-hybridized carbons (Fsp3) is 0.467. The number of aliphatic carboxylic acids is 1. The molecule has 1 fully saturated rings. The Morgan fingerprint density at radius 1 is 1.30 bits per heavy atom. The molecule has 1 aromatic carbocycles. The molecule has 5 nitrogen and oxygen atoms in total. The van der Waals surface area contributed by atoms with Crippen LogP contribution in [0.25, 0.3) is 0 Å². The van der Waals surface area contributed by atoms with Crippen molar-refractivity contribution in [1.82, 2.24) is 10.6 Å². The zero-order chi connectivity index (χ0) is 14.5. The molecule has 0 spiro atoms. The standard InChI is InChI=1S/C15H20N2O3/c1-10-4-2-3-5-12(10)9-16-15(20)17-13-7-6-11(8-13)14(18)19/h2-5,11,13H,6-9H2,1H3,(H,18,19)(H2,16,17,20)/t11-,13+/m1/s1. The molecule has 3 N–H and O–H groups in total. The molecule has 2 atom stereocenters. The Kier molecular flexibility index (Phi) is 4.61. The Bertz CT molecular complexity index is 502. The number of carboxylic acids is 1. The van der Waals surface area contributed by atoms with Crippen molar-refractivity contribution in [3.63, 3.8) is 0 Å². The van der Waals surface area contributed by atoms with E-state index in [9.17, 15) is 9.59 Å². The van der Waals surface area contributed by atoms with Gasteiger partial charge >= 0.3 is 12.0 Å². The predicted octanol–water partition coefficient (Wildman–Crippen LogP) is 2.05. The normalized spacial score (nSPS) is 21.4. The average Bonchev–Trinajstić information content (AvgIpc) is 2.86. The minimum Gasteiger partial charge on any atom is -0.481 e. The molecule has 1 aliphatic carbocycles. The fourth-order valence-corrected chi connectivity index (χ4v) is 2.56. The van der Waals surface area contributed by atoms with Crippen molar-refractivity contribution in [2.24, 2.45) is 5.92 Å². The van der Waals surface area contributed by atoms with Gasteiger partial charge in [0.05, 0.1) is 5.92 Å². The molecule has 1 saturated carbocycles. The van der Waals surface area contributed by atoms with Crippen LogP contribution in [0.15, 0.2) is 24.3 Å². The number of hydrogen-bond acceptors (Lipinski definition) is 2. The highest BCUT2D eigenvalue weighted by Gasteiger charge is 2.30. The third-order valence-corrected chi connectivity index (χ3v) is 3.82. The number of rotatable bonds is 4. The van der Waals surface area contributed by atoms with E-state index in [1.807, 2.05) is 31.2 Å². The summed E-state index contributed by atoms with van der Waals surface area (Å²) in [6.07, 6.45) is 1.89. The molecule has 0 radical (unpaired) electrons. The number of hydrogen-bond donors (Lipinski definition) is 3. The molecule has 2 rings (SSSR count). The van der Waals surface area contributed by atoms with Crippen LogP contribution in [0.3, 0.4) is 0 Å². The number of carbonyl (C=O) groups excluding carboxylic acids is 1. The third-order valence-electron chi connectivity index (χ3n) is 3.82. The molecule has 108 valence electrons. The lowest BCUT2D eigenvalue weighted by atomic mass is 10.1. The van der Waals surface area contributed by atoms with Crippen LogP contribution in [-0.4, -0.2) is 23.1 Å². The van der Waals surface area contributed by atoms with Gasteiger partial charge in [0.1, 0.15) is 0 Å². The largest absolute Gasteiger partial charge is 0.481 e. The summed E-state index contributed by atoms with van der Waals surface area (Å²) < 4.78 is 0. The average molecular weight is 276 g/mol. The van der Waals surface area contributed by atoms with Gasteiger partial charge < -0.3 is 15.7 Å². The monoisotopic (exact) mass is 276 g/mol. The predicted molar refractivity (Wildman–Crippen MR) is 75.3 cm³/mol. The van der Waals surface area contributed by atoms with Gasteiger partial charge in [0, 0.05) is 12.6 Å². The zero-order valence-corrected chi connectivity index (χ0v) is 11.6. The minimum absolute atomic E-state index is 0.0343. The van der Waals surface area contributed by atoms with Crippen molar-refractivity contribution in [2.45, 2.75) is 38.8 Å². The lowest BCUT2D eigenvalue weighted by Gasteiger charge is -2.14. The summed E-state index contributed by atoms with van der Waals surface area (Å²) in [5.41, 5.74) is 2.22. The van der Waals surface area contributed by atoms with Crippen molar-refractivity contribution in [1.29, 1.82) is 0 Å². The number of nitrogens with one attached hydrogen (secondary N) is 2. The molecule has 5 heteroatoms. The smallest absolute Gasteiger partial charge is 0.315 e. The first-order valence-corrected chi connectivity index (χ1v) is 6.88. The summed E-state index contributed by atoms with van der Waals surface area (Å²) in [7, 11) is 0. The van der Waals surface area contributed by atoms with Gasteiger partial charge in [-0.3, -0.25) is 4.79 Å². The molecule has 1 aromatic rings. The van der Waals surface area contributed by atoms with Crippen LogP contribution < -0.4 is 10.6 Å². The van der Waals surface area contributed by atoms with E-state index in [-0.39, 0.29) is 18.0 Å². The van der Waals surface area contributed by atoms with Crippen LogP contribution in [0, 0.1) is 12.8 Å². The van der Waals surface area contributed by atoms with E-state index in [2.05, 4.69) is 10.6 Å². The van der Waals surface area contributed by atoms with E-state index < -0.39 is 5.97 Å². The molecule has 20 heavy (non-hydrogen) atoms. The molecule has 2 amide bonds. The van der Waals surface area contributed by atoms with E-state index in [1.54, 1.807) is 0 Å². The topological polar surface area (TPSA) is 78.4 Å². The molecule has 0 saturated heterocycles. The maximum Gasteiger partial charge on any atom is 0.315 e. The van der Waals surface area contributed by atoms with Crippen molar-refractivity contribution in [2.75, 3.05) is 0 Å². The van der Waals surface area contributed by atoms with Crippen LogP contribution >= 0.6 is 0 Å². The molecular weight excluding hydrogens is 256 g/mol. The Balaban J connectivity index is 1.77. The van der Waals surface area contributed by atoms with Gasteiger partial charge in [-0.1, -0.05) is 24.3 Å². The molecule has 0 heterocycles. The second kappa shape index (κ2) is 6.41. The lowest BCUT2D eigenvalue weighted by Crippen LogP contribution is -2.40. The van der Waals surface area contributed by atoms with Crippen molar-refractivity contribution < 1.29 is 14.7 Å². The molecule has 0 aliphatic heterocycles. The summed E-state index contributed by atoms with van der Waals surface area (Å²) in [4.78, 5) is 22.6. The second-order valence-corrected chi connectivity index (χ2v) is 5.30. The summed E-state index contributed by atoms with van der Waals surface area (Å²) in [6.45, 7) is 2.48. The maximum atomic E-state index is 11.8. The van der Waals surface area contributed by atoms with Gasteiger partial charge in [-0.2, -0.15) is 0 Å². The first-order valence-electron chi connectivity index (χ1n) is 6.88. The fourth-order valence-electron chi connectivity index (χ4n) is 2.56. The van der Waals surface area contributed by atoms with Crippen LogP contribution in [-0.2, 0) is 11.3 Å². The van der Waals surface area contributed by atoms with Crippen LogP contribution in [0.2, 0.25) is 0 Å². The van der Waals surface area contributed by atoms with Gasteiger partial charge in [-0.25, -0.2) is 4.79 Å². The highest BCUT2D eigenvalue weighted by Crippen LogP contribution is 2.25. The second-order valence-electron chi connectivity index (χ2n) is 5.30. The third kappa shape index (κ3) is 3.73. The summed E-state index contributed by atoms with van der Waals surface area (Å²) in [5, 5.41) is 14.6. The van der Waals surface area contributed by atoms with Crippen LogP contribution in [0.4, 0.5) is 4.79 Å². The number of carbonyl (C=O) groups is 2. The van der Waals surface area contributed by atoms with E-state index in [0.717, 1.165) is 17.5 Å². The first kappa shape index (κ1) is 14.4. The SMILES string of the molecule is Cc1ccccc1CNC(=O)N[C@H]1CC[C@@H](C(=O)O)C1. The van der Waals surface area contributed by atoms with E-state index in [0.29, 0.717) is 19.4 Å². The lowest BCUT2D eigenvalue weighted by molar-refractivity contribution is -0.141. The van der Waals surface area contributed by atoms with Crippen LogP contribution in [0.5, 0.6) is 0 Å². The number of carboxylic acid groups (broad SMARTS) is 1. The van der Waals surface area contributed by atoms with E-state index in [1.165, 1.54) is 0 Å². The highest BCUT2D eigenvalue weighted by molar-refractivity contribution is 5.75. The number of amides is 2. The Labute approximate surface area is 118 Å². The molecular formula is C15H20N2O3. The van der Waals surface area contributed by atoms with Gasteiger partial charge in [0.2, 0.25) is 0 Å². The Morgan fingerprint density at radius 3 is 2.70 bits per heavy atom. The molecule has 0 unspecified atom stereocenters. The zero-order valence-electron chi connectivity index (χ0n) is 11.6. The summed E-state index contributed by atoms with van der Waals surface area (Å²) in [6, 6.07) is 7.62.